The van der Waals surface area contributed by atoms with Gasteiger partial charge in [-0.1, -0.05) is 0 Å². The molecular weight excluding hydrogens is 300 g/mol. The molecule has 0 aromatic carbocycles. The average molecular weight is 315 g/mol. The number of amides is 1. The molecule has 0 unspecified atom stereocenters. The number of carbonyl (C=O) groups excluding carboxylic acids is 1. The number of hydrogen-bond donors (Lipinski definition) is 2. The highest BCUT2D eigenvalue weighted by Gasteiger charge is 2.30. The number of halogens is 1. The van der Waals surface area contributed by atoms with Gasteiger partial charge in [-0.05, 0) is 22.0 Å². The standard InChI is InChI=1S/C12H15BrN2O3/c13-10-5-9(6-14-7-10)11(16)15-8-12(17)1-3-18-4-2-12/h5-7,17H,1-4,8H2,(H,15,16). The Hall–Kier alpha value is -0.980. The van der Waals surface area contributed by atoms with Crippen LogP contribution in [-0.4, -0.2) is 41.4 Å². The Morgan fingerprint density at radius 2 is 2.22 bits per heavy atom. The Labute approximate surface area is 114 Å². The van der Waals surface area contributed by atoms with E-state index in [1.165, 1.54) is 6.20 Å². The molecule has 0 bridgehead atoms. The minimum absolute atomic E-state index is 0.233. The molecule has 1 aliphatic rings. The predicted molar refractivity (Wildman–Crippen MR) is 69.3 cm³/mol. The van der Waals surface area contributed by atoms with Crippen molar-refractivity contribution >= 4 is 21.8 Å². The molecule has 0 atom stereocenters. The van der Waals surface area contributed by atoms with Gasteiger partial charge in [0.2, 0.25) is 0 Å². The zero-order chi connectivity index (χ0) is 13.0. The summed E-state index contributed by atoms with van der Waals surface area (Å²) in [5, 5.41) is 12.9. The van der Waals surface area contributed by atoms with Gasteiger partial charge >= 0.3 is 0 Å². The SMILES string of the molecule is O=C(NCC1(O)CCOCC1)c1cncc(Br)c1. The zero-order valence-electron chi connectivity index (χ0n) is 9.86. The first-order valence-electron chi connectivity index (χ1n) is 5.78. The predicted octanol–water partition coefficient (Wildman–Crippen LogP) is 1.12. The molecule has 1 aromatic heterocycles. The highest BCUT2D eigenvalue weighted by atomic mass is 79.9. The van der Waals surface area contributed by atoms with E-state index in [4.69, 9.17) is 4.74 Å². The molecule has 6 heteroatoms. The van der Waals surface area contributed by atoms with Crippen molar-refractivity contribution in [2.75, 3.05) is 19.8 Å². The third-order valence-corrected chi connectivity index (χ3v) is 3.40. The third kappa shape index (κ3) is 3.51. The molecule has 98 valence electrons. The monoisotopic (exact) mass is 314 g/mol. The summed E-state index contributed by atoms with van der Waals surface area (Å²) in [4.78, 5) is 15.8. The smallest absolute Gasteiger partial charge is 0.252 e. The van der Waals surface area contributed by atoms with E-state index >= 15 is 0 Å². The quantitative estimate of drug-likeness (QED) is 0.877. The van der Waals surface area contributed by atoms with Crippen LogP contribution in [0.4, 0.5) is 0 Å². The number of aliphatic hydroxyl groups is 1. The minimum atomic E-state index is -0.854. The van der Waals surface area contributed by atoms with E-state index in [1.54, 1.807) is 12.3 Å². The van der Waals surface area contributed by atoms with Crippen LogP contribution in [0.25, 0.3) is 0 Å². The van der Waals surface area contributed by atoms with Crippen molar-refractivity contribution in [1.82, 2.24) is 10.3 Å². The summed E-state index contributed by atoms with van der Waals surface area (Å²) in [5.41, 5.74) is -0.382. The van der Waals surface area contributed by atoms with E-state index in [9.17, 15) is 9.90 Å². The number of carbonyl (C=O) groups is 1. The summed E-state index contributed by atoms with van der Waals surface area (Å²) < 4.78 is 5.93. The maximum atomic E-state index is 11.9. The van der Waals surface area contributed by atoms with Gasteiger partial charge in [-0.3, -0.25) is 9.78 Å². The van der Waals surface area contributed by atoms with E-state index in [0.717, 1.165) is 4.47 Å². The molecule has 1 aromatic rings. The van der Waals surface area contributed by atoms with Crippen LogP contribution in [0.1, 0.15) is 23.2 Å². The van der Waals surface area contributed by atoms with Gasteiger partial charge in [0.25, 0.3) is 5.91 Å². The Kier molecular flexibility index (Phi) is 4.31. The van der Waals surface area contributed by atoms with Crippen LogP contribution in [0, 0.1) is 0 Å². The molecule has 1 saturated heterocycles. The number of pyridine rings is 1. The van der Waals surface area contributed by atoms with Crippen molar-refractivity contribution in [1.29, 1.82) is 0 Å². The molecular formula is C12H15BrN2O3. The molecule has 1 aliphatic heterocycles. The summed E-state index contributed by atoms with van der Waals surface area (Å²) in [7, 11) is 0. The fraction of sp³-hybridized carbons (Fsp3) is 0.500. The van der Waals surface area contributed by atoms with Gasteiger partial charge in [-0.25, -0.2) is 0 Å². The molecule has 18 heavy (non-hydrogen) atoms. The van der Waals surface area contributed by atoms with Gasteiger partial charge in [0, 0.05) is 49.5 Å². The molecule has 2 rings (SSSR count). The fourth-order valence-electron chi connectivity index (χ4n) is 1.81. The zero-order valence-corrected chi connectivity index (χ0v) is 11.4. The first-order chi connectivity index (χ1) is 8.59. The largest absolute Gasteiger partial charge is 0.388 e. The van der Waals surface area contributed by atoms with Gasteiger partial charge in [0.15, 0.2) is 0 Å². The van der Waals surface area contributed by atoms with Crippen LogP contribution < -0.4 is 5.32 Å². The molecule has 0 radical (unpaired) electrons. The fourth-order valence-corrected chi connectivity index (χ4v) is 2.18. The number of nitrogens with zero attached hydrogens (tertiary/aromatic N) is 1. The Bertz CT molecular complexity index is 433. The molecule has 5 nitrogen and oxygen atoms in total. The van der Waals surface area contributed by atoms with Crippen molar-refractivity contribution in [2.24, 2.45) is 0 Å². The summed E-state index contributed by atoms with van der Waals surface area (Å²) in [6.45, 7) is 1.30. The second-order valence-electron chi connectivity index (χ2n) is 4.41. The third-order valence-electron chi connectivity index (χ3n) is 2.97. The summed E-state index contributed by atoms with van der Waals surface area (Å²) >= 11 is 3.26. The lowest BCUT2D eigenvalue weighted by molar-refractivity contribution is -0.0605. The average Bonchev–Trinajstić information content (AvgIpc) is 2.37. The lowest BCUT2D eigenvalue weighted by atomic mass is 9.94. The lowest BCUT2D eigenvalue weighted by Gasteiger charge is -2.32. The molecule has 0 spiro atoms. The molecule has 1 fully saturated rings. The van der Waals surface area contributed by atoms with E-state index in [0.29, 0.717) is 31.6 Å². The molecule has 0 saturated carbocycles. The maximum absolute atomic E-state index is 11.9. The number of aromatic nitrogens is 1. The number of ether oxygens (including phenoxy) is 1. The summed E-state index contributed by atoms with van der Waals surface area (Å²) in [6.07, 6.45) is 4.20. The van der Waals surface area contributed by atoms with E-state index in [-0.39, 0.29) is 12.5 Å². The maximum Gasteiger partial charge on any atom is 0.252 e. The lowest BCUT2D eigenvalue weighted by Crippen LogP contribution is -2.46. The van der Waals surface area contributed by atoms with Gasteiger partial charge in [-0.15, -0.1) is 0 Å². The van der Waals surface area contributed by atoms with Crippen LogP contribution in [0.3, 0.4) is 0 Å². The van der Waals surface area contributed by atoms with Crippen LogP contribution in [0.15, 0.2) is 22.9 Å². The minimum Gasteiger partial charge on any atom is -0.388 e. The second kappa shape index (κ2) is 5.77. The molecule has 0 aliphatic carbocycles. The van der Waals surface area contributed by atoms with E-state index < -0.39 is 5.60 Å². The van der Waals surface area contributed by atoms with Crippen molar-refractivity contribution in [3.05, 3.63) is 28.5 Å². The highest BCUT2D eigenvalue weighted by Crippen LogP contribution is 2.19. The second-order valence-corrected chi connectivity index (χ2v) is 5.33. The van der Waals surface area contributed by atoms with Crippen LogP contribution in [0.5, 0.6) is 0 Å². The van der Waals surface area contributed by atoms with Crippen LogP contribution >= 0.6 is 15.9 Å². The number of rotatable bonds is 3. The highest BCUT2D eigenvalue weighted by molar-refractivity contribution is 9.10. The van der Waals surface area contributed by atoms with E-state index in [2.05, 4.69) is 26.2 Å². The van der Waals surface area contributed by atoms with Crippen molar-refractivity contribution in [3.8, 4) is 0 Å². The van der Waals surface area contributed by atoms with Gasteiger partial charge in [-0.2, -0.15) is 0 Å². The molecule has 2 heterocycles. The van der Waals surface area contributed by atoms with Gasteiger partial charge < -0.3 is 15.2 Å². The van der Waals surface area contributed by atoms with Crippen molar-refractivity contribution in [3.63, 3.8) is 0 Å². The first kappa shape index (κ1) is 13.5. The Morgan fingerprint density at radius 3 is 2.89 bits per heavy atom. The molecule has 1 amide bonds. The normalized spacial score (nSPS) is 18.3. The number of hydrogen-bond acceptors (Lipinski definition) is 4. The van der Waals surface area contributed by atoms with Crippen molar-refractivity contribution < 1.29 is 14.6 Å². The Morgan fingerprint density at radius 1 is 1.50 bits per heavy atom. The van der Waals surface area contributed by atoms with Crippen molar-refractivity contribution in [2.45, 2.75) is 18.4 Å². The van der Waals surface area contributed by atoms with E-state index in [1.807, 2.05) is 0 Å². The number of nitrogens with one attached hydrogen (secondary N) is 1. The summed E-state index contributed by atoms with van der Waals surface area (Å²) in [6, 6.07) is 1.69. The van der Waals surface area contributed by atoms with Gasteiger partial charge in [0.1, 0.15) is 0 Å². The van der Waals surface area contributed by atoms with Crippen LogP contribution in [0.2, 0.25) is 0 Å². The topological polar surface area (TPSA) is 71.5 Å². The van der Waals surface area contributed by atoms with Gasteiger partial charge in [0.05, 0.1) is 11.2 Å². The Balaban J connectivity index is 1.92. The molecule has 2 N–H and O–H groups in total. The summed E-state index contributed by atoms with van der Waals surface area (Å²) in [5.74, 6) is -0.233. The van der Waals surface area contributed by atoms with Crippen LogP contribution in [-0.2, 0) is 4.74 Å². The first-order valence-corrected chi connectivity index (χ1v) is 6.57.